The fourth-order valence-electron chi connectivity index (χ4n) is 2.14. The fourth-order valence-corrected chi connectivity index (χ4v) is 3.61. The maximum absolute atomic E-state index is 12.6. The van der Waals surface area contributed by atoms with Crippen molar-refractivity contribution in [3.63, 3.8) is 0 Å². The highest BCUT2D eigenvalue weighted by atomic mass is 32.2. The van der Waals surface area contributed by atoms with Gasteiger partial charge in [0.25, 0.3) is 0 Å². The number of sulfonamides is 1. The van der Waals surface area contributed by atoms with E-state index in [9.17, 15) is 8.42 Å². The second-order valence-electron chi connectivity index (χ2n) is 6.43. The van der Waals surface area contributed by atoms with Crippen LogP contribution in [0.4, 0.5) is 0 Å². The van der Waals surface area contributed by atoms with Crippen molar-refractivity contribution in [2.24, 2.45) is 11.1 Å². The van der Waals surface area contributed by atoms with Gasteiger partial charge in [0.15, 0.2) is 11.5 Å². The summed E-state index contributed by atoms with van der Waals surface area (Å²) in [5, 5.41) is 0. The van der Waals surface area contributed by atoms with Gasteiger partial charge in [0.05, 0.1) is 18.1 Å². The van der Waals surface area contributed by atoms with Gasteiger partial charge in [-0.05, 0) is 17.5 Å². The molecule has 0 bridgehead atoms. The molecule has 0 fully saturated rings. The van der Waals surface area contributed by atoms with E-state index in [4.69, 9.17) is 15.2 Å². The van der Waals surface area contributed by atoms with Crippen molar-refractivity contribution in [2.75, 3.05) is 19.8 Å². The van der Waals surface area contributed by atoms with Crippen molar-refractivity contribution < 1.29 is 17.9 Å². The lowest BCUT2D eigenvalue weighted by molar-refractivity contribution is 0.296. The molecule has 0 aromatic heterocycles. The zero-order chi connectivity index (χ0) is 16.4. The zero-order valence-electron chi connectivity index (χ0n) is 13.3. The number of hydrogen-bond acceptors (Lipinski definition) is 5. The van der Waals surface area contributed by atoms with Crippen molar-refractivity contribution in [2.45, 2.75) is 38.1 Å². The molecule has 3 N–H and O–H groups in total. The minimum absolute atomic E-state index is 0.152. The summed E-state index contributed by atoms with van der Waals surface area (Å²) in [5.74, 6) is 1.03. The molecular weight excluding hydrogens is 304 g/mol. The van der Waals surface area contributed by atoms with Crippen molar-refractivity contribution in [1.29, 1.82) is 0 Å². The highest BCUT2D eigenvalue weighted by Gasteiger charge is 2.29. The number of nitrogens with two attached hydrogens (primary N) is 1. The monoisotopic (exact) mass is 328 g/mol. The molecule has 22 heavy (non-hydrogen) atoms. The van der Waals surface area contributed by atoms with Crippen LogP contribution in [0.25, 0.3) is 0 Å². The number of ether oxygens (including phenoxy) is 2. The van der Waals surface area contributed by atoms with Gasteiger partial charge in [-0.2, -0.15) is 0 Å². The van der Waals surface area contributed by atoms with E-state index < -0.39 is 10.0 Å². The van der Waals surface area contributed by atoms with Gasteiger partial charge in [-0.1, -0.05) is 20.8 Å². The maximum atomic E-state index is 12.6. The van der Waals surface area contributed by atoms with Gasteiger partial charge in [0.2, 0.25) is 10.0 Å². The molecule has 0 radical (unpaired) electrons. The van der Waals surface area contributed by atoms with E-state index >= 15 is 0 Å². The SMILES string of the molecule is CC(C)(C)C(CN)NS(=O)(=O)c1ccc2c(c1)OCCCO2. The first-order valence-electron chi connectivity index (χ1n) is 7.36. The average Bonchev–Trinajstić information content (AvgIpc) is 2.67. The third-order valence-electron chi connectivity index (χ3n) is 3.61. The second kappa shape index (κ2) is 6.44. The second-order valence-corrected chi connectivity index (χ2v) is 8.15. The van der Waals surface area contributed by atoms with Crippen LogP contribution in [0.5, 0.6) is 11.5 Å². The predicted molar refractivity (Wildman–Crippen MR) is 84.7 cm³/mol. The summed E-state index contributed by atoms with van der Waals surface area (Å²) >= 11 is 0. The molecule has 0 aliphatic carbocycles. The molecule has 1 aromatic rings. The number of hydrogen-bond donors (Lipinski definition) is 2. The summed E-state index contributed by atoms with van der Waals surface area (Å²) in [6.07, 6.45) is 0.772. The molecular formula is C15H24N2O4S. The Balaban J connectivity index is 2.28. The summed E-state index contributed by atoms with van der Waals surface area (Å²) in [5.41, 5.74) is 5.43. The number of benzene rings is 1. The average molecular weight is 328 g/mol. The summed E-state index contributed by atoms with van der Waals surface area (Å²) in [6, 6.07) is 4.29. The first kappa shape index (κ1) is 17.1. The Morgan fingerprint density at radius 1 is 1.23 bits per heavy atom. The van der Waals surface area contributed by atoms with E-state index in [0.717, 1.165) is 6.42 Å². The highest BCUT2D eigenvalue weighted by Crippen LogP contribution is 2.32. The third-order valence-corrected chi connectivity index (χ3v) is 5.08. The molecule has 1 atom stereocenters. The standard InChI is InChI=1S/C15H24N2O4S/c1-15(2,3)14(10-16)17-22(18,19)11-5-6-12-13(9-11)21-8-4-7-20-12/h5-6,9,14,17H,4,7-8,10,16H2,1-3H3. The lowest BCUT2D eigenvalue weighted by atomic mass is 9.88. The van der Waals surface area contributed by atoms with Crippen molar-refractivity contribution in [3.05, 3.63) is 18.2 Å². The lowest BCUT2D eigenvalue weighted by Crippen LogP contribution is -2.48. The van der Waals surface area contributed by atoms with Crippen LogP contribution < -0.4 is 19.9 Å². The maximum Gasteiger partial charge on any atom is 0.241 e. The van der Waals surface area contributed by atoms with Gasteiger partial charge >= 0.3 is 0 Å². The van der Waals surface area contributed by atoms with Crippen LogP contribution in [0.15, 0.2) is 23.1 Å². The minimum Gasteiger partial charge on any atom is -0.490 e. The van der Waals surface area contributed by atoms with Gasteiger partial charge < -0.3 is 15.2 Å². The molecule has 2 rings (SSSR count). The van der Waals surface area contributed by atoms with E-state index in [1.165, 1.54) is 12.1 Å². The third kappa shape index (κ3) is 3.91. The predicted octanol–water partition coefficient (Wildman–Crippen LogP) is 1.50. The van der Waals surface area contributed by atoms with Gasteiger partial charge in [-0.25, -0.2) is 13.1 Å². The van der Waals surface area contributed by atoms with Crippen molar-refractivity contribution in [1.82, 2.24) is 4.72 Å². The Kier molecular flexibility index (Phi) is 4.99. The topological polar surface area (TPSA) is 90.7 Å². The highest BCUT2D eigenvalue weighted by molar-refractivity contribution is 7.89. The Morgan fingerprint density at radius 2 is 1.86 bits per heavy atom. The summed E-state index contributed by atoms with van der Waals surface area (Å²) in [4.78, 5) is 0.152. The number of nitrogens with one attached hydrogen (secondary N) is 1. The Morgan fingerprint density at radius 3 is 2.45 bits per heavy atom. The molecule has 124 valence electrons. The van der Waals surface area contributed by atoms with Gasteiger partial charge in [0.1, 0.15) is 0 Å². The molecule has 1 heterocycles. The Labute approximate surface area is 132 Å². The van der Waals surface area contributed by atoms with Gasteiger partial charge in [0, 0.05) is 25.1 Å². The lowest BCUT2D eigenvalue weighted by Gasteiger charge is -2.30. The van der Waals surface area contributed by atoms with E-state index in [1.807, 2.05) is 20.8 Å². The van der Waals surface area contributed by atoms with Crippen LogP contribution >= 0.6 is 0 Å². The van der Waals surface area contributed by atoms with Gasteiger partial charge in [-0.15, -0.1) is 0 Å². The van der Waals surface area contributed by atoms with E-state index in [2.05, 4.69) is 4.72 Å². The molecule has 1 aromatic carbocycles. The molecule has 0 spiro atoms. The number of fused-ring (bicyclic) bond motifs is 1. The van der Waals surface area contributed by atoms with Crippen LogP contribution in [-0.4, -0.2) is 34.2 Å². The largest absolute Gasteiger partial charge is 0.490 e. The summed E-state index contributed by atoms with van der Waals surface area (Å²) in [7, 11) is -3.67. The molecule has 0 amide bonds. The molecule has 1 aliphatic heterocycles. The first-order valence-corrected chi connectivity index (χ1v) is 8.84. The molecule has 0 saturated heterocycles. The molecule has 1 aliphatic rings. The molecule has 6 nitrogen and oxygen atoms in total. The fraction of sp³-hybridized carbons (Fsp3) is 0.600. The van der Waals surface area contributed by atoms with E-state index in [0.29, 0.717) is 24.7 Å². The molecule has 1 unspecified atom stereocenters. The van der Waals surface area contributed by atoms with Crippen LogP contribution in [0, 0.1) is 5.41 Å². The summed E-state index contributed by atoms with van der Waals surface area (Å²) in [6.45, 7) is 7.14. The van der Waals surface area contributed by atoms with Crippen LogP contribution in [0.2, 0.25) is 0 Å². The minimum atomic E-state index is -3.67. The quantitative estimate of drug-likeness (QED) is 0.874. The zero-order valence-corrected chi connectivity index (χ0v) is 14.1. The van der Waals surface area contributed by atoms with E-state index in [1.54, 1.807) is 6.07 Å². The van der Waals surface area contributed by atoms with Gasteiger partial charge in [-0.3, -0.25) is 0 Å². The van der Waals surface area contributed by atoms with Crippen LogP contribution in [0.3, 0.4) is 0 Å². The smallest absolute Gasteiger partial charge is 0.241 e. The normalized spacial score (nSPS) is 16.9. The Bertz CT molecular complexity index is 623. The van der Waals surface area contributed by atoms with Crippen LogP contribution in [-0.2, 0) is 10.0 Å². The first-order chi connectivity index (χ1) is 10.2. The number of rotatable bonds is 4. The molecule has 0 saturated carbocycles. The van der Waals surface area contributed by atoms with E-state index in [-0.39, 0.29) is 22.9 Å². The molecule has 7 heteroatoms. The van der Waals surface area contributed by atoms with Crippen molar-refractivity contribution >= 4 is 10.0 Å². The Hall–Kier alpha value is -1.31. The van der Waals surface area contributed by atoms with Crippen molar-refractivity contribution in [3.8, 4) is 11.5 Å². The summed E-state index contributed by atoms with van der Waals surface area (Å²) < 4.78 is 38.8. The van der Waals surface area contributed by atoms with Crippen LogP contribution in [0.1, 0.15) is 27.2 Å².